The fourth-order valence-electron chi connectivity index (χ4n) is 3.65. The summed E-state index contributed by atoms with van der Waals surface area (Å²) >= 11 is 0. The first-order valence-corrected chi connectivity index (χ1v) is 11.8. The van der Waals surface area contributed by atoms with E-state index in [0.29, 0.717) is 25.6 Å². The number of hydrogen-bond acceptors (Lipinski definition) is 7. The molecule has 1 atom stereocenters. The smallest absolute Gasteiger partial charge is 0.303 e. The van der Waals surface area contributed by atoms with Gasteiger partial charge in [-0.1, -0.05) is 0 Å². The van der Waals surface area contributed by atoms with Crippen molar-refractivity contribution in [1.29, 1.82) is 0 Å². The van der Waals surface area contributed by atoms with Gasteiger partial charge in [0.2, 0.25) is 17.7 Å². The van der Waals surface area contributed by atoms with Gasteiger partial charge in [0.25, 0.3) is 0 Å². The van der Waals surface area contributed by atoms with Crippen LogP contribution < -0.4 is 16.0 Å². The maximum Gasteiger partial charge on any atom is 0.303 e. The van der Waals surface area contributed by atoms with Gasteiger partial charge < -0.3 is 30.9 Å². The number of likely N-dealkylation sites (tertiary alicyclic amines) is 1. The van der Waals surface area contributed by atoms with E-state index < -0.39 is 5.97 Å². The Morgan fingerprint density at radius 2 is 1.48 bits per heavy atom. The van der Waals surface area contributed by atoms with Crippen LogP contribution in [0.5, 0.6) is 0 Å². The molecule has 11 heteroatoms. The van der Waals surface area contributed by atoms with Crippen LogP contribution in [0.2, 0.25) is 0 Å². The highest BCUT2D eigenvalue weighted by atomic mass is 16.5. The fourth-order valence-corrected chi connectivity index (χ4v) is 3.65. The lowest BCUT2D eigenvalue weighted by Gasteiger charge is -2.28. The molecule has 0 saturated carbocycles. The molecule has 1 aliphatic heterocycles. The molecule has 1 heterocycles. The van der Waals surface area contributed by atoms with Crippen molar-refractivity contribution in [2.24, 2.45) is 0 Å². The summed E-state index contributed by atoms with van der Waals surface area (Å²) in [5.74, 6) is -1.43. The summed E-state index contributed by atoms with van der Waals surface area (Å²) in [4.78, 5) is 52.9. The third-order valence-corrected chi connectivity index (χ3v) is 5.54. The molecule has 0 bridgehead atoms. The molecule has 0 radical (unpaired) electrons. The molecular formula is C22H42N6O5. The van der Waals surface area contributed by atoms with Crippen LogP contribution >= 0.6 is 0 Å². The number of likely N-dealkylation sites (N-methyl/N-ethyl adjacent to an activating group) is 2. The maximum atomic E-state index is 12.3. The van der Waals surface area contributed by atoms with Crippen molar-refractivity contribution in [2.45, 2.75) is 44.6 Å². The number of carboxylic acids is 1. The molecule has 4 N–H and O–H groups in total. The minimum Gasteiger partial charge on any atom is -0.481 e. The monoisotopic (exact) mass is 484 g/mol. The summed E-state index contributed by atoms with van der Waals surface area (Å²) < 4.78 is 0. The molecule has 1 saturated heterocycles. The van der Waals surface area contributed by atoms with Crippen LogP contribution in [0.1, 0.15) is 38.5 Å². The Balaban J connectivity index is 2.13. The van der Waals surface area contributed by atoms with Gasteiger partial charge in [-0.15, -0.1) is 0 Å². The molecule has 0 aromatic carbocycles. The van der Waals surface area contributed by atoms with Crippen molar-refractivity contribution in [3.8, 4) is 0 Å². The van der Waals surface area contributed by atoms with Gasteiger partial charge in [0.15, 0.2) is 0 Å². The van der Waals surface area contributed by atoms with E-state index in [1.807, 2.05) is 0 Å². The van der Waals surface area contributed by atoms with Crippen LogP contribution in [0.4, 0.5) is 0 Å². The first-order chi connectivity index (χ1) is 15.7. The highest BCUT2D eigenvalue weighted by Crippen LogP contribution is 2.17. The van der Waals surface area contributed by atoms with E-state index in [4.69, 9.17) is 5.11 Å². The Labute approximate surface area is 197 Å². The maximum absolute atomic E-state index is 12.3. The van der Waals surface area contributed by atoms with Crippen LogP contribution in [0.15, 0.2) is 0 Å². The highest BCUT2D eigenvalue weighted by Gasteiger charge is 2.27. The number of nitrogens with one attached hydrogen (secondary N) is 3. The van der Waals surface area contributed by atoms with Gasteiger partial charge in [-0.3, -0.25) is 24.1 Å². The summed E-state index contributed by atoms with van der Waals surface area (Å²) in [5, 5.41) is 16.6. The largest absolute Gasteiger partial charge is 0.481 e. The number of rotatable bonds is 17. The van der Waals surface area contributed by atoms with Crippen molar-refractivity contribution >= 4 is 23.7 Å². The van der Waals surface area contributed by atoms with Gasteiger partial charge >= 0.3 is 5.97 Å². The number of carbonyl (C=O) groups is 4. The van der Waals surface area contributed by atoms with Gasteiger partial charge in [-0.25, -0.2) is 0 Å². The van der Waals surface area contributed by atoms with E-state index in [9.17, 15) is 19.2 Å². The van der Waals surface area contributed by atoms with Crippen LogP contribution in [-0.4, -0.2) is 123 Å². The van der Waals surface area contributed by atoms with Crippen molar-refractivity contribution in [3.63, 3.8) is 0 Å². The standard InChI is InChI=1S/C22H42N6O5/c1-26(2)14-15-27(3)16-18-6-5-13-28(18)17-21(31)25-12-9-20(30)24-11-8-19(29)23-10-4-7-22(32)33/h18H,4-17H2,1-3H3,(H,23,29)(H,24,30)(H,25,31)(H,32,33)/i1+1,3+1,4+1,7+1,8+1,9+1,10+1,11+1,19+1,20+1,22+1,23+1,24+1,25+1. The van der Waals surface area contributed by atoms with E-state index in [1.165, 1.54) is 0 Å². The van der Waals surface area contributed by atoms with E-state index >= 15 is 0 Å². The van der Waals surface area contributed by atoms with Crippen molar-refractivity contribution in [1.82, 2.24) is 30.7 Å². The molecular weight excluding hydrogens is 442 g/mol. The minimum absolute atomic E-state index is 0.00890. The second-order valence-corrected chi connectivity index (χ2v) is 8.88. The topological polar surface area (TPSA) is 134 Å². The number of nitrogens with zero attached hydrogens (tertiary/aromatic N) is 3. The predicted octanol–water partition coefficient (Wildman–Crippen LogP) is -1.06. The average Bonchev–Trinajstić information content (AvgIpc) is 3.15. The molecule has 190 valence electrons. The van der Waals surface area contributed by atoms with Crippen LogP contribution in [0.25, 0.3) is 0 Å². The molecule has 1 aliphatic rings. The molecule has 0 aliphatic carbocycles. The Morgan fingerprint density at radius 3 is 2.09 bits per heavy atom. The van der Waals surface area contributed by atoms with Gasteiger partial charge in [-0.2, -0.15) is 0 Å². The molecule has 1 unspecified atom stereocenters. The van der Waals surface area contributed by atoms with Crippen LogP contribution in [0.3, 0.4) is 0 Å². The molecule has 1 fully saturated rings. The van der Waals surface area contributed by atoms with E-state index in [1.54, 1.807) is 0 Å². The summed E-state index contributed by atoms with van der Waals surface area (Å²) in [6.07, 6.45) is 2.85. The quantitative estimate of drug-likeness (QED) is 0.117. The molecule has 33 heavy (non-hydrogen) atoms. The third kappa shape index (κ3) is 14.5. The van der Waals surface area contributed by atoms with Gasteiger partial charge in [0, 0.05) is 64.6 Å². The number of carbonyl (C=O) groups excluding carboxylic acids is 3. The molecule has 3 amide bonds. The van der Waals surface area contributed by atoms with Gasteiger partial charge in [0.1, 0.15) is 0 Å². The number of aliphatic carboxylic acids is 1. The average molecular weight is 485 g/mol. The third-order valence-electron chi connectivity index (χ3n) is 5.54. The van der Waals surface area contributed by atoms with Gasteiger partial charge in [0.05, 0.1) is 6.54 Å². The molecule has 0 spiro atoms. The van der Waals surface area contributed by atoms with Crippen molar-refractivity contribution < 1.29 is 24.3 Å². The number of hydrogen-bond donors (Lipinski definition) is 4. The number of carboxylic acid groups (broad SMARTS) is 1. The lowest BCUT2D eigenvalue weighted by Crippen LogP contribution is -2.45. The first kappa shape index (κ1) is 28.8. The Morgan fingerprint density at radius 1 is 0.879 bits per heavy atom. The molecule has 0 aromatic heterocycles. The Kier molecular flexibility index (Phi) is 14.3. The van der Waals surface area contributed by atoms with Crippen LogP contribution in [0, 0.1) is 0 Å². The zero-order valence-corrected chi connectivity index (χ0v) is 20.4. The highest BCUT2D eigenvalue weighted by molar-refractivity contribution is 5.81. The first-order valence-electron chi connectivity index (χ1n) is 11.8. The lowest BCUT2D eigenvalue weighted by molar-refractivity contribution is -0.137. The molecule has 0 aromatic rings. The van der Waals surface area contributed by atoms with Gasteiger partial charge in [-0.05, 0) is 47.0 Å². The molecule has 1 rings (SSSR count). The summed E-state index contributed by atoms with van der Waals surface area (Å²) in [6, 6.07) is 0.376. The fraction of sp³-hybridized carbons (Fsp3) is 0.818. The minimum atomic E-state index is -0.896. The van der Waals surface area contributed by atoms with E-state index in [2.05, 4.69) is 51.8 Å². The van der Waals surface area contributed by atoms with E-state index in [0.717, 1.165) is 39.0 Å². The normalized spacial score (nSPS) is 16.2. The number of amides is 3. The second kappa shape index (κ2) is 16.4. The zero-order chi connectivity index (χ0) is 24.6. The molecule has 11 nitrogen and oxygen atoms in total. The summed E-state index contributed by atoms with van der Waals surface area (Å²) in [7, 11) is 6.23. The Bertz CT molecular complexity index is 630. The zero-order valence-electron chi connectivity index (χ0n) is 20.4. The SMILES string of the molecule is CN([13CH3])CCN([13CH3])CC1CCCN1CC(=O)[15NH]C[13CH2][13C](=O)[15NH][13CH2][13CH2][13C](=O)[15NH][13CH2][13CH2][13CH2][13C](=O)O. The Hall–Kier alpha value is -2.24. The summed E-state index contributed by atoms with van der Waals surface area (Å²) in [5.41, 5.74) is 0. The van der Waals surface area contributed by atoms with Crippen molar-refractivity contribution in [3.05, 3.63) is 0 Å². The van der Waals surface area contributed by atoms with Crippen LogP contribution in [-0.2, 0) is 19.2 Å². The predicted molar refractivity (Wildman–Crippen MR) is 126 cm³/mol. The van der Waals surface area contributed by atoms with Crippen molar-refractivity contribution in [2.75, 3.05) is 73.5 Å². The summed E-state index contributed by atoms with van der Waals surface area (Å²) in [6.45, 7) is 4.95. The lowest BCUT2D eigenvalue weighted by atomic mass is 10.2. The van der Waals surface area contributed by atoms with E-state index in [-0.39, 0.29) is 50.1 Å². The second-order valence-electron chi connectivity index (χ2n) is 8.88.